The number of methoxy groups -OCH3 is 2. The Bertz CT molecular complexity index is 783. The number of hydrogen-bond acceptors (Lipinski definition) is 5. The summed E-state index contributed by atoms with van der Waals surface area (Å²) < 4.78 is 10.5. The molecule has 0 aromatic heterocycles. The summed E-state index contributed by atoms with van der Waals surface area (Å²) in [4.78, 5) is 15.1. The zero-order valence-corrected chi connectivity index (χ0v) is 17.0. The number of likely N-dealkylation sites (tertiary alicyclic amines) is 1. The highest BCUT2D eigenvalue weighted by Crippen LogP contribution is 2.28. The van der Waals surface area contributed by atoms with E-state index in [0.29, 0.717) is 29.6 Å². The van der Waals surface area contributed by atoms with Crippen LogP contribution in [-0.4, -0.2) is 51.1 Å². The summed E-state index contributed by atoms with van der Waals surface area (Å²) >= 11 is 0. The van der Waals surface area contributed by atoms with Crippen LogP contribution in [0.2, 0.25) is 0 Å². The first kappa shape index (κ1) is 20.4. The van der Waals surface area contributed by atoms with E-state index in [1.807, 2.05) is 0 Å². The zero-order valence-electron chi connectivity index (χ0n) is 17.0. The van der Waals surface area contributed by atoms with Crippen LogP contribution in [0.5, 0.6) is 11.5 Å². The van der Waals surface area contributed by atoms with E-state index < -0.39 is 0 Å². The van der Waals surface area contributed by atoms with Crippen LogP contribution in [0.15, 0.2) is 42.5 Å². The molecule has 1 fully saturated rings. The molecule has 0 amide bonds. The number of carbonyl (C=O) groups is 1. The van der Waals surface area contributed by atoms with Crippen LogP contribution in [0, 0.1) is 6.92 Å². The molecule has 0 bridgehead atoms. The zero-order chi connectivity index (χ0) is 19.9. The number of aryl methyl sites for hydroxylation is 1. The van der Waals surface area contributed by atoms with Crippen molar-refractivity contribution in [3.63, 3.8) is 0 Å². The first-order valence-electron chi connectivity index (χ1n) is 9.89. The summed E-state index contributed by atoms with van der Waals surface area (Å²) in [5, 5.41) is 3.38. The Morgan fingerprint density at radius 1 is 1.04 bits per heavy atom. The van der Waals surface area contributed by atoms with E-state index in [0.717, 1.165) is 19.6 Å². The standard InChI is InChI=1S/C23H30N2O3/c1-17-6-8-18(9-7-17)20(25-12-4-5-13-25)15-24-16-21(26)19-10-11-22(27-2)23(14-19)28-3/h6-11,14,20,24H,4-5,12-13,15-16H2,1-3H3. The van der Waals surface area contributed by atoms with Gasteiger partial charge in [-0.15, -0.1) is 0 Å². The van der Waals surface area contributed by atoms with Crippen molar-refractivity contribution in [2.45, 2.75) is 25.8 Å². The Labute approximate surface area is 167 Å². The van der Waals surface area contributed by atoms with E-state index >= 15 is 0 Å². The fourth-order valence-corrected chi connectivity index (χ4v) is 3.73. The lowest BCUT2D eigenvalue weighted by atomic mass is 10.0. The van der Waals surface area contributed by atoms with Crippen LogP contribution in [-0.2, 0) is 0 Å². The third-order valence-electron chi connectivity index (χ3n) is 5.37. The van der Waals surface area contributed by atoms with Gasteiger partial charge in [-0.25, -0.2) is 0 Å². The van der Waals surface area contributed by atoms with Gasteiger partial charge in [0.1, 0.15) is 0 Å². The average molecular weight is 383 g/mol. The highest BCUT2D eigenvalue weighted by Gasteiger charge is 2.23. The van der Waals surface area contributed by atoms with Gasteiger partial charge in [0, 0.05) is 18.2 Å². The van der Waals surface area contributed by atoms with Gasteiger partial charge in [-0.2, -0.15) is 0 Å². The molecule has 0 spiro atoms. The van der Waals surface area contributed by atoms with Crippen molar-refractivity contribution < 1.29 is 14.3 Å². The van der Waals surface area contributed by atoms with E-state index in [-0.39, 0.29) is 5.78 Å². The van der Waals surface area contributed by atoms with E-state index in [2.05, 4.69) is 41.4 Å². The number of ether oxygens (including phenoxy) is 2. The number of rotatable bonds is 9. The lowest BCUT2D eigenvalue weighted by Crippen LogP contribution is -2.36. The maximum absolute atomic E-state index is 12.6. The smallest absolute Gasteiger partial charge is 0.176 e. The van der Waals surface area contributed by atoms with Crippen molar-refractivity contribution in [3.8, 4) is 11.5 Å². The predicted molar refractivity (Wildman–Crippen MR) is 111 cm³/mol. The Balaban J connectivity index is 1.63. The SMILES string of the molecule is COc1ccc(C(=O)CNCC(c2ccc(C)cc2)N2CCCC2)cc1OC. The number of hydrogen-bond donors (Lipinski definition) is 1. The second-order valence-corrected chi connectivity index (χ2v) is 7.29. The van der Waals surface area contributed by atoms with Crippen molar-refractivity contribution in [1.29, 1.82) is 0 Å². The molecule has 150 valence electrons. The molecule has 2 aromatic rings. The van der Waals surface area contributed by atoms with Crippen molar-refractivity contribution in [1.82, 2.24) is 10.2 Å². The second-order valence-electron chi connectivity index (χ2n) is 7.29. The van der Waals surface area contributed by atoms with E-state index in [1.54, 1.807) is 32.4 Å². The van der Waals surface area contributed by atoms with Gasteiger partial charge in [-0.3, -0.25) is 9.69 Å². The fraction of sp³-hybridized carbons (Fsp3) is 0.435. The van der Waals surface area contributed by atoms with Crippen LogP contribution in [0.4, 0.5) is 0 Å². The third-order valence-corrected chi connectivity index (χ3v) is 5.37. The molecule has 1 heterocycles. The van der Waals surface area contributed by atoms with E-state index in [1.165, 1.54) is 24.0 Å². The number of carbonyl (C=O) groups excluding carboxylic acids is 1. The molecule has 5 heteroatoms. The summed E-state index contributed by atoms with van der Waals surface area (Å²) in [6.45, 7) is 5.39. The molecule has 0 radical (unpaired) electrons. The predicted octanol–water partition coefficient (Wildman–Crippen LogP) is 3.62. The number of benzene rings is 2. The van der Waals surface area contributed by atoms with Crippen LogP contribution in [0.3, 0.4) is 0 Å². The van der Waals surface area contributed by atoms with Gasteiger partial charge in [-0.05, 0) is 56.6 Å². The molecular weight excluding hydrogens is 352 g/mol. The molecule has 1 saturated heterocycles. The van der Waals surface area contributed by atoms with Crippen LogP contribution >= 0.6 is 0 Å². The summed E-state index contributed by atoms with van der Waals surface area (Å²) in [6.07, 6.45) is 2.49. The number of Topliss-reactive ketones (excluding diaryl/α,β-unsaturated/α-hetero) is 1. The minimum Gasteiger partial charge on any atom is -0.493 e. The molecule has 1 N–H and O–H groups in total. The quantitative estimate of drug-likeness (QED) is 0.672. The molecule has 5 nitrogen and oxygen atoms in total. The van der Waals surface area contributed by atoms with Gasteiger partial charge in [-0.1, -0.05) is 29.8 Å². The molecule has 0 aliphatic carbocycles. The Hall–Kier alpha value is -2.37. The van der Waals surface area contributed by atoms with Gasteiger partial charge in [0.15, 0.2) is 17.3 Å². The van der Waals surface area contributed by atoms with Gasteiger partial charge in [0.05, 0.1) is 20.8 Å². The second kappa shape index (κ2) is 9.71. The maximum atomic E-state index is 12.6. The van der Waals surface area contributed by atoms with Gasteiger partial charge in [0.25, 0.3) is 0 Å². The summed E-state index contributed by atoms with van der Waals surface area (Å²) in [7, 11) is 3.16. The Morgan fingerprint density at radius 3 is 2.36 bits per heavy atom. The topological polar surface area (TPSA) is 50.8 Å². The van der Waals surface area contributed by atoms with Crippen molar-refractivity contribution >= 4 is 5.78 Å². The molecule has 1 aliphatic rings. The number of ketones is 1. The van der Waals surface area contributed by atoms with Gasteiger partial charge >= 0.3 is 0 Å². The molecular formula is C23H30N2O3. The largest absolute Gasteiger partial charge is 0.493 e. The number of nitrogens with zero attached hydrogens (tertiary/aromatic N) is 1. The monoisotopic (exact) mass is 382 g/mol. The molecule has 2 aromatic carbocycles. The Kier molecular flexibility index (Phi) is 7.06. The van der Waals surface area contributed by atoms with Crippen LogP contribution in [0.1, 0.15) is 40.4 Å². The van der Waals surface area contributed by atoms with E-state index in [9.17, 15) is 4.79 Å². The molecule has 1 atom stereocenters. The fourth-order valence-electron chi connectivity index (χ4n) is 3.73. The minimum absolute atomic E-state index is 0.0463. The van der Waals surface area contributed by atoms with Crippen molar-refractivity contribution in [3.05, 3.63) is 59.2 Å². The van der Waals surface area contributed by atoms with Crippen molar-refractivity contribution in [2.24, 2.45) is 0 Å². The molecule has 3 rings (SSSR count). The summed E-state index contributed by atoms with van der Waals surface area (Å²) in [5.41, 5.74) is 3.19. The number of nitrogens with one attached hydrogen (secondary N) is 1. The highest BCUT2D eigenvalue weighted by atomic mass is 16.5. The molecule has 1 unspecified atom stereocenters. The summed E-state index contributed by atoms with van der Waals surface area (Å²) in [6, 6.07) is 14.3. The van der Waals surface area contributed by atoms with Crippen molar-refractivity contribution in [2.75, 3.05) is 40.4 Å². The lowest BCUT2D eigenvalue weighted by Gasteiger charge is -2.28. The van der Waals surface area contributed by atoms with Gasteiger partial charge < -0.3 is 14.8 Å². The molecule has 1 aliphatic heterocycles. The molecule has 0 saturated carbocycles. The van der Waals surface area contributed by atoms with Crippen LogP contribution in [0.25, 0.3) is 0 Å². The van der Waals surface area contributed by atoms with E-state index in [4.69, 9.17) is 9.47 Å². The van der Waals surface area contributed by atoms with Gasteiger partial charge in [0.2, 0.25) is 0 Å². The third kappa shape index (κ3) is 4.91. The highest BCUT2D eigenvalue weighted by molar-refractivity contribution is 5.98. The maximum Gasteiger partial charge on any atom is 0.176 e. The molecule has 28 heavy (non-hydrogen) atoms. The Morgan fingerprint density at radius 2 is 1.71 bits per heavy atom. The first-order chi connectivity index (χ1) is 13.6. The summed E-state index contributed by atoms with van der Waals surface area (Å²) in [5.74, 6) is 1.24. The minimum atomic E-state index is 0.0463. The lowest BCUT2D eigenvalue weighted by molar-refractivity contribution is 0.0987. The average Bonchev–Trinajstić information content (AvgIpc) is 3.26. The van der Waals surface area contributed by atoms with Crippen LogP contribution < -0.4 is 14.8 Å². The first-order valence-corrected chi connectivity index (χ1v) is 9.89. The normalized spacial score (nSPS) is 15.4.